The fourth-order valence-electron chi connectivity index (χ4n) is 9.05. The monoisotopic (exact) mass is 623 g/mol. The highest BCUT2D eigenvalue weighted by atomic mass is 16.3. The average Bonchev–Trinajstić information content (AvgIpc) is 3.83. The van der Waals surface area contributed by atoms with Gasteiger partial charge in [0.2, 0.25) is 0 Å². The van der Waals surface area contributed by atoms with Crippen molar-refractivity contribution < 1.29 is 4.42 Å². The third-order valence-corrected chi connectivity index (χ3v) is 10.9. The molecule has 4 nitrogen and oxygen atoms in total. The predicted molar refractivity (Wildman–Crippen MR) is 204 cm³/mol. The lowest BCUT2D eigenvalue weighted by Gasteiger charge is -2.38. The van der Waals surface area contributed by atoms with Crippen molar-refractivity contribution in [2.45, 2.75) is 0 Å². The molecule has 0 saturated heterocycles. The maximum absolute atomic E-state index is 7.02. The van der Waals surface area contributed by atoms with Crippen molar-refractivity contribution >= 4 is 89.6 Å². The summed E-state index contributed by atoms with van der Waals surface area (Å²) in [5.41, 5.74) is 15.2. The molecule has 0 radical (unpaired) electrons. The van der Waals surface area contributed by atoms with Crippen LogP contribution in [0.4, 0.5) is 17.1 Å². The van der Waals surface area contributed by atoms with Gasteiger partial charge in [-0.2, -0.15) is 0 Å². The molecule has 0 N–H and O–H groups in total. The molecule has 0 atom stereocenters. The molecular formula is C44H26BN3O. The minimum atomic E-state index is -0.143. The number of benzene rings is 7. The number of hydrogen-bond acceptors (Lipinski definition) is 2. The predicted octanol–water partition coefficient (Wildman–Crippen LogP) is 10.1. The lowest BCUT2D eigenvalue weighted by Crippen LogP contribution is -2.56. The number of fused-ring (bicyclic) bond motifs is 13. The van der Waals surface area contributed by atoms with Crippen molar-refractivity contribution in [3.8, 4) is 16.8 Å². The van der Waals surface area contributed by atoms with Gasteiger partial charge in [-0.15, -0.1) is 0 Å². The Morgan fingerprint density at radius 3 is 2.02 bits per heavy atom. The number of hydrogen-bond donors (Lipinski definition) is 0. The second kappa shape index (κ2) is 9.12. The van der Waals surface area contributed by atoms with E-state index in [1.165, 1.54) is 65.9 Å². The topological polar surface area (TPSA) is 26.2 Å². The van der Waals surface area contributed by atoms with Crippen molar-refractivity contribution in [1.29, 1.82) is 0 Å². The standard InChI is InChI=1S/C44H26BN3O/c1-3-13-27(14-4-1)46-35-22-9-7-17-29(35)32-25-26-36-39(42(32)46)34-21-11-20-31-30-19-12-23-37-40(30)45(48(36)41(31)34)44-43(33-18-8-10-24-38(33)49-44)47(37)28-15-5-2-6-16-28/h1-26H. The van der Waals surface area contributed by atoms with E-state index < -0.39 is 0 Å². The minimum absolute atomic E-state index is 0.143. The zero-order valence-corrected chi connectivity index (χ0v) is 26.3. The maximum Gasteiger partial charge on any atom is 0.375 e. The second-order valence-corrected chi connectivity index (χ2v) is 13.2. The van der Waals surface area contributed by atoms with Crippen molar-refractivity contribution in [2.24, 2.45) is 0 Å². The first kappa shape index (κ1) is 25.6. The van der Waals surface area contributed by atoms with Gasteiger partial charge < -0.3 is 18.4 Å². The van der Waals surface area contributed by atoms with Crippen LogP contribution in [0.3, 0.4) is 0 Å². The van der Waals surface area contributed by atoms with E-state index in [0.717, 1.165) is 33.7 Å². The van der Waals surface area contributed by atoms with Crippen LogP contribution in [0.2, 0.25) is 0 Å². The first-order valence-corrected chi connectivity index (χ1v) is 16.9. The quantitative estimate of drug-likeness (QED) is 0.179. The molecule has 12 rings (SSSR count). The lowest BCUT2D eigenvalue weighted by molar-refractivity contribution is 0.649. The van der Waals surface area contributed by atoms with E-state index in [0.29, 0.717) is 0 Å². The molecule has 0 unspecified atom stereocenters. The molecule has 5 heterocycles. The van der Waals surface area contributed by atoms with E-state index in [2.05, 4.69) is 172 Å². The number of rotatable bonds is 2. The Hall–Kier alpha value is -6.46. The molecule has 2 aliphatic heterocycles. The van der Waals surface area contributed by atoms with Gasteiger partial charge >= 0.3 is 6.85 Å². The summed E-state index contributed by atoms with van der Waals surface area (Å²) in [6.45, 7) is -0.143. The van der Waals surface area contributed by atoms with Crippen LogP contribution in [0.15, 0.2) is 162 Å². The molecule has 10 aromatic rings. The molecule has 0 bridgehead atoms. The molecule has 0 aliphatic carbocycles. The van der Waals surface area contributed by atoms with Gasteiger partial charge in [-0.05, 0) is 65.6 Å². The van der Waals surface area contributed by atoms with Crippen LogP contribution in [-0.2, 0) is 0 Å². The van der Waals surface area contributed by atoms with Crippen LogP contribution in [-0.4, -0.2) is 15.9 Å². The summed E-state index contributed by atoms with van der Waals surface area (Å²) in [5.74, 6) is 0. The van der Waals surface area contributed by atoms with Crippen molar-refractivity contribution in [1.82, 2.24) is 9.05 Å². The number of aromatic nitrogens is 2. The second-order valence-electron chi connectivity index (χ2n) is 13.2. The first-order valence-electron chi connectivity index (χ1n) is 16.9. The summed E-state index contributed by atoms with van der Waals surface area (Å²) in [7, 11) is 0. The highest BCUT2D eigenvalue weighted by Crippen LogP contribution is 2.49. The minimum Gasteiger partial charge on any atom is -0.466 e. The third kappa shape index (κ3) is 3.11. The molecule has 0 saturated carbocycles. The van der Waals surface area contributed by atoms with E-state index in [-0.39, 0.29) is 6.85 Å². The van der Waals surface area contributed by atoms with E-state index in [9.17, 15) is 0 Å². The molecule has 226 valence electrons. The van der Waals surface area contributed by atoms with Gasteiger partial charge in [-0.1, -0.05) is 103 Å². The molecule has 0 spiro atoms. The largest absolute Gasteiger partial charge is 0.466 e. The number of furan rings is 1. The summed E-state index contributed by atoms with van der Waals surface area (Å²) in [6.07, 6.45) is 0. The van der Waals surface area contributed by atoms with Gasteiger partial charge in [-0.25, -0.2) is 0 Å². The number of nitrogens with zero attached hydrogens (tertiary/aromatic N) is 3. The zero-order chi connectivity index (χ0) is 31.8. The summed E-state index contributed by atoms with van der Waals surface area (Å²) in [6, 6.07) is 57.1. The van der Waals surface area contributed by atoms with E-state index in [1.807, 2.05) is 0 Å². The Kier molecular flexibility index (Phi) is 4.77. The molecule has 3 aromatic heterocycles. The van der Waals surface area contributed by atoms with Gasteiger partial charge in [0.25, 0.3) is 0 Å². The van der Waals surface area contributed by atoms with E-state index in [4.69, 9.17) is 4.42 Å². The highest BCUT2D eigenvalue weighted by molar-refractivity contribution is 6.89. The zero-order valence-electron chi connectivity index (χ0n) is 26.3. The summed E-state index contributed by atoms with van der Waals surface area (Å²) in [5, 5.41) is 6.17. The maximum atomic E-state index is 7.02. The Bertz CT molecular complexity index is 3010. The molecule has 5 heteroatoms. The fourth-order valence-corrected chi connectivity index (χ4v) is 9.05. The van der Waals surface area contributed by atoms with Crippen molar-refractivity contribution in [3.05, 3.63) is 158 Å². The van der Waals surface area contributed by atoms with Gasteiger partial charge in [0.15, 0.2) is 0 Å². The highest BCUT2D eigenvalue weighted by Gasteiger charge is 2.46. The smallest absolute Gasteiger partial charge is 0.375 e. The van der Waals surface area contributed by atoms with Gasteiger partial charge in [-0.3, -0.25) is 0 Å². The van der Waals surface area contributed by atoms with E-state index in [1.54, 1.807) is 0 Å². The van der Waals surface area contributed by atoms with Gasteiger partial charge in [0, 0.05) is 60.6 Å². The van der Waals surface area contributed by atoms with Crippen LogP contribution >= 0.6 is 0 Å². The normalized spacial score (nSPS) is 13.2. The fraction of sp³-hybridized carbons (Fsp3) is 0. The molecule has 7 aromatic carbocycles. The lowest BCUT2D eigenvalue weighted by atomic mass is 9.47. The number of para-hydroxylation sites is 5. The van der Waals surface area contributed by atoms with Crippen LogP contribution in [0, 0.1) is 0 Å². The summed E-state index contributed by atoms with van der Waals surface area (Å²) >= 11 is 0. The first-order chi connectivity index (χ1) is 24.4. The number of anilines is 3. The molecule has 0 fully saturated rings. The molecule has 2 aliphatic rings. The Morgan fingerprint density at radius 2 is 1.16 bits per heavy atom. The summed E-state index contributed by atoms with van der Waals surface area (Å²) < 4.78 is 12.1. The van der Waals surface area contributed by atoms with Gasteiger partial charge in [0.1, 0.15) is 11.2 Å². The van der Waals surface area contributed by atoms with Crippen LogP contribution in [0.5, 0.6) is 0 Å². The Balaban J connectivity index is 1.29. The Morgan fingerprint density at radius 1 is 0.469 bits per heavy atom. The van der Waals surface area contributed by atoms with Gasteiger partial charge in [0.05, 0.1) is 16.7 Å². The third-order valence-electron chi connectivity index (χ3n) is 10.9. The SMILES string of the molecule is c1ccc(N2c3cccc4c3B(c3oc5ccccc5c32)n2c3ccc5c6ccccc6n(-c6ccccc6)c5c3c3cccc-4c32)cc1. The summed E-state index contributed by atoms with van der Waals surface area (Å²) in [4.78, 5) is 2.42. The molecular weight excluding hydrogens is 597 g/mol. The molecule has 0 amide bonds. The van der Waals surface area contributed by atoms with Crippen LogP contribution < -0.4 is 16.0 Å². The van der Waals surface area contributed by atoms with E-state index >= 15 is 0 Å². The average molecular weight is 624 g/mol. The van der Waals surface area contributed by atoms with Crippen molar-refractivity contribution in [3.63, 3.8) is 0 Å². The van der Waals surface area contributed by atoms with Crippen LogP contribution in [0.25, 0.3) is 71.4 Å². The molecule has 49 heavy (non-hydrogen) atoms. The van der Waals surface area contributed by atoms with Crippen molar-refractivity contribution in [2.75, 3.05) is 4.90 Å². The van der Waals surface area contributed by atoms with Crippen LogP contribution in [0.1, 0.15) is 0 Å². The Labute approximate surface area is 281 Å².